The first kappa shape index (κ1) is 10.6. The summed E-state index contributed by atoms with van der Waals surface area (Å²) in [7, 11) is 0. The lowest BCUT2D eigenvalue weighted by molar-refractivity contribution is -0.0991. The number of hydrogen-bond acceptors (Lipinski definition) is 4. The Labute approximate surface area is 90.0 Å². The fourth-order valence-corrected chi connectivity index (χ4v) is 1.80. The summed E-state index contributed by atoms with van der Waals surface area (Å²) >= 11 is 0. The molecule has 0 unspecified atom stereocenters. The minimum absolute atomic E-state index is 0.318. The van der Waals surface area contributed by atoms with Crippen molar-refractivity contribution in [2.45, 2.75) is 27.3 Å². The summed E-state index contributed by atoms with van der Waals surface area (Å²) in [6, 6.07) is 0. The molecule has 84 valence electrons. The molecule has 0 amide bonds. The lowest BCUT2D eigenvalue weighted by atomic mass is 9.89. The standard InChI is InChI=1S/C11H18N2O2/c1-8-10(9(2)15-13-8)4-12-5-11(3)6-14-7-11/h12H,4-7H2,1-3H3. The maximum Gasteiger partial charge on any atom is 0.138 e. The molecule has 1 N–H and O–H groups in total. The van der Waals surface area contributed by atoms with E-state index in [0.29, 0.717) is 5.41 Å². The second-order valence-electron chi connectivity index (χ2n) is 4.71. The van der Waals surface area contributed by atoms with Crippen molar-refractivity contribution in [2.75, 3.05) is 19.8 Å². The van der Waals surface area contributed by atoms with Crippen LogP contribution in [0.25, 0.3) is 0 Å². The van der Waals surface area contributed by atoms with Crippen LogP contribution in [0.1, 0.15) is 23.9 Å². The van der Waals surface area contributed by atoms with Gasteiger partial charge >= 0.3 is 0 Å². The second kappa shape index (κ2) is 3.94. The van der Waals surface area contributed by atoms with Crippen LogP contribution in [-0.2, 0) is 11.3 Å². The zero-order valence-corrected chi connectivity index (χ0v) is 9.59. The zero-order chi connectivity index (χ0) is 10.9. The van der Waals surface area contributed by atoms with Gasteiger partial charge in [-0.05, 0) is 13.8 Å². The zero-order valence-electron chi connectivity index (χ0n) is 9.59. The number of aryl methyl sites for hydroxylation is 2. The highest BCUT2D eigenvalue weighted by Crippen LogP contribution is 2.25. The van der Waals surface area contributed by atoms with Crippen LogP contribution in [0.15, 0.2) is 4.52 Å². The van der Waals surface area contributed by atoms with Crippen LogP contribution in [0.2, 0.25) is 0 Å². The van der Waals surface area contributed by atoms with Crippen molar-refractivity contribution in [3.8, 4) is 0 Å². The summed E-state index contributed by atoms with van der Waals surface area (Å²) in [4.78, 5) is 0. The van der Waals surface area contributed by atoms with Crippen LogP contribution in [0, 0.1) is 19.3 Å². The fourth-order valence-electron chi connectivity index (χ4n) is 1.80. The van der Waals surface area contributed by atoms with Gasteiger partial charge in [-0.2, -0.15) is 0 Å². The quantitative estimate of drug-likeness (QED) is 0.816. The number of nitrogens with one attached hydrogen (secondary N) is 1. The first-order chi connectivity index (χ1) is 7.11. The summed E-state index contributed by atoms with van der Waals surface area (Å²) < 4.78 is 10.3. The Morgan fingerprint density at radius 1 is 1.40 bits per heavy atom. The van der Waals surface area contributed by atoms with Crippen molar-refractivity contribution in [2.24, 2.45) is 5.41 Å². The van der Waals surface area contributed by atoms with Crippen LogP contribution in [-0.4, -0.2) is 24.9 Å². The molecule has 1 saturated heterocycles. The van der Waals surface area contributed by atoms with E-state index >= 15 is 0 Å². The SMILES string of the molecule is Cc1noc(C)c1CNCC1(C)COC1. The predicted molar refractivity (Wildman–Crippen MR) is 56.6 cm³/mol. The monoisotopic (exact) mass is 210 g/mol. The lowest BCUT2D eigenvalue weighted by Crippen LogP contribution is -2.47. The molecule has 2 heterocycles. The maximum absolute atomic E-state index is 5.20. The highest BCUT2D eigenvalue weighted by atomic mass is 16.5. The summed E-state index contributed by atoms with van der Waals surface area (Å²) in [5.41, 5.74) is 2.48. The number of ether oxygens (including phenoxy) is 1. The highest BCUT2D eigenvalue weighted by molar-refractivity contribution is 5.20. The van der Waals surface area contributed by atoms with Crippen molar-refractivity contribution < 1.29 is 9.26 Å². The first-order valence-corrected chi connectivity index (χ1v) is 5.31. The normalized spacial score (nSPS) is 18.9. The van der Waals surface area contributed by atoms with Gasteiger partial charge in [-0.25, -0.2) is 0 Å². The Morgan fingerprint density at radius 3 is 2.60 bits per heavy atom. The van der Waals surface area contributed by atoms with Crippen LogP contribution in [0.3, 0.4) is 0 Å². The molecule has 1 aromatic heterocycles. The van der Waals surface area contributed by atoms with Gasteiger partial charge in [0.05, 0.1) is 18.9 Å². The molecule has 0 radical (unpaired) electrons. The van der Waals surface area contributed by atoms with E-state index in [4.69, 9.17) is 9.26 Å². The molecular weight excluding hydrogens is 192 g/mol. The third-order valence-electron chi connectivity index (χ3n) is 2.94. The molecule has 4 nitrogen and oxygen atoms in total. The van der Waals surface area contributed by atoms with Gasteiger partial charge < -0.3 is 14.6 Å². The van der Waals surface area contributed by atoms with Gasteiger partial charge in [0.15, 0.2) is 0 Å². The summed E-state index contributed by atoms with van der Waals surface area (Å²) in [6.45, 7) is 9.70. The van der Waals surface area contributed by atoms with Crippen molar-refractivity contribution in [3.63, 3.8) is 0 Å². The van der Waals surface area contributed by atoms with Crippen LogP contribution in [0.4, 0.5) is 0 Å². The van der Waals surface area contributed by atoms with E-state index < -0.39 is 0 Å². The van der Waals surface area contributed by atoms with E-state index in [-0.39, 0.29) is 0 Å². The number of hydrogen-bond donors (Lipinski definition) is 1. The number of nitrogens with zero attached hydrogens (tertiary/aromatic N) is 1. The Morgan fingerprint density at radius 2 is 2.13 bits per heavy atom. The molecule has 0 atom stereocenters. The topological polar surface area (TPSA) is 47.3 Å². The van der Waals surface area contributed by atoms with E-state index in [2.05, 4.69) is 17.4 Å². The van der Waals surface area contributed by atoms with E-state index in [0.717, 1.165) is 37.8 Å². The minimum atomic E-state index is 0.318. The lowest BCUT2D eigenvalue weighted by Gasteiger charge is -2.38. The van der Waals surface area contributed by atoms with Gasteiger partial charge in [0.1, 0.15) is 5.76 Å². The van der Waals surface area contributed by atoms with E-state index in [1.165, 1.54) is 5.56 Å². The number of rotatable bonds is 4. The largest absolute Gasteiger partial charge is 0.380 e. The molecule has 2 rings (SSSR count). The summed E-state index contributed by atoms with van der Waals surface area (Å²) in [5, 5.41) is 7.36. The third kappa shape index (κ3) is 2.21. The Bertz CT molecular complexity index is 323. The average molecular weight is 210 g/mol. The molecular formula is C11H18N2O2. The van der Waals surface area contributed by atoms with E-state index in [9.17, 15) is 0 Å². The van der Waals surface area contributed by atoms with Crippen LogP contribution < -0.4 is 5.32 Å². The molecule has 0 aliphatic carbocycles. The molecule has 4 heteroatoms. The van der Waals surface area contributed by atoms with Crippen LogP contribution in [0.5, 0.6) is 0 Å². The minimum Gasteiger partial charge on any atom is -0.380 e. The molecule has 0 spiro atoms. The van der Waals surface area contributed by atoms with Gasteiger partial charge in [0.25, 0.3) is 0 Å². The first-order valence-electron chi connectivity index (χ1n) is 5.31. The van der Waals surface area contributed by atoms with Crippen LogP contribution >= 0.6 is 0 Å². The second-order valence-corrected chi connectivity index (χ2v) is 4.71. The van der Waals surface area contributed by atoms with Gasteiger partial charge in [-0.1, -0.05) is 12.1 Å². The van der Waals surface area contributed by atoms with Crippen molar-refractivity contribution in [1.82, 2.24) is 10.5 Å². The fraction of sp³-hybridized carbons (Fsp3) is 0.727. The molecule has 1 aliphatic rings. The average Bonchev–Trinajstić information content (AvgIpc) is 2.46. The third-order valence-corrected chi connectivity index (χ3v) is 2.94. The van der Waals surface area contributed by atoms with Gasteiger partial charge in [-0.15, -0.1) is 0 Å². The molecule has 1 aromatic rings. The molecule has 0 bridgehead atoms. The van der Waals surface area contributed by atoms with Gasteiger partial charge in [-0.3, -0.25) is 0 Å². The number of aromatic nitrogens is 1. The smallest absolute Gasteiger partial charge is 0.138 e. The summed E-state index contributed by atoms with van der Waals surface area (Å²) in [6.07, 6.45) is 0. The Balaban J connectivity index is 1.83. The molecule has 0 saturated carbocycles. The maximum atomic E-state index is 5.20. The molecule has 1 aliphatic heterocycles. The van der Waals surface area contributed by atoms with Gasteiger partial charge in [0, 0.05) is 24.1 Å². The van der Waals surface area contributed by atoms with Gasteiger partial charge in [0.2, 0.25) is 0 Å². The Hall–Kier alpha value is -0.870. The predicted octanol–water partition coefficient (Wildman–Crippen LogP) is 1.42. The molecule has 1 fully saturated rings. The molecule has 15 heavy (non-hydrogen) atoms. The molecule has 0 aromatic carbocycles. The summed E-state index contributed by atoms with van der Waals surface area (Å²) in [5.74, 6) is 0.912. The van der Waals surface area contributed by atoms with Crippen molar-refractivity contribution in [1.29, 1.82) is 0 Å². The van der Waals surface area contributed by atoms with E-state index in [1.54, 1.807) is 0 Å². The Kier molecular flexibility index (Phi) is 2.80. The van der Waals surface area contributed by atoms with Crippen molar-refractivity contribution in [3.05, 3.63) is 17.0 Å². The van der Waals surface area contributed by atoms with Crippen molar-refractivity contribution >= 4 is 0 Å². The van der Waals surface area contributed by atoms with E-state index in [1.807, 2.05) is 13.8 Å². The highest BCUT2D eigenvalue weighted by Gasteiger charge is 2.32.